The van der Waals surface area contributed by atoms with Crippen LogP contribution in [0.1, 0.15) is 5.56 Å². The van der Waals surface area contributed by atoms with Crippen LogP contribution in [0, 0.1) is 11.3 Å². The van der Waals surface area contributed by atoms with Crippen molar-refractivity contribution >= 4 is 48.1 Å². The fourth-order valence-electron chi connectivity index (χ4n) is 1.19. The van der Waals surface area contributed by atoms with Gasteiger partial charge in [-0.2, -0.15) is 5.26 Å². The van der Waals surface area contributed by atoms with Crippen molar-refractivity contribution in [3.05, 3.63) is 42.1 Å². The summed E-state index contributed by atoms with van der Waals surface area (Å²) in [7, 11) is 0. The number of halogens is 3. The van der Waals surface area contributed by atoms with Gasteiger partial charge in [-0.05, 0) is 12.1 Å². The number of fused-ring (bicyclic) bond motifs is 1. The number of rotatable bonds is 0. The third kappa shape index (κ3) is 3.24. The standard InChI is InChI=1S/C10H6N2.3ClH/c11-7-9-4-1-3-8-5-2-6-12-10(8)9;;;/h1-6H;3*1H. The average Bonchev–Trinajstić information content (AvgIpc) is 2.17. The van der Waals surface area contributed by atoms with Gasteiger partial charge in [-0.15, -0.1) is 37.2 Å². The van der Waals surface area contributed by atoms with Gasteiger partial charge >= 0.3 is 0 Å². The molecule has 0 aliphatic carbocycles. The largest absolute Gasteiger partial charge is 0.255 e. The Kier molecular flexibility index (Phi) is 8.00. The molecular weight excluding hydrogens is 254 g/mol. The maximum atomic E-state index is 8.75. The lowest BCUT2D eigenvalue weighted by molar-refractivity contribution is 1.39. The Balaban J connectivity index is 0. The number of nitriles is 1. The van der Waals surface area contributed by atoms with Gasteiger partial charge in [-0.25, -0.2) is 0 Å². The Bertz CT molecular complexity index is 460. The number of para-hydroxylation sites is 1. The van der Waals surface area contributed by atoms with E-state index >= 15 is 0 Å². The summed E-state index contributed by atoms with van der Waals surface area (Å²) in [6, 6.07) is 11.5. The van der Waals surface area contributed by atoms with Crippen molar-refractivity contribution in [1.82, 2.24) is 4.98 Å². The molecule has 2 aromatic rings. The fourth-order valence-corrected chi connectivity index (χ4v) is 1.19. The molecule has 0 N–H and O–H groups in total. The van der Waals surface area contributed by atoms with E-state index in [0.29, 0.717) is 5.56 Å². The lowest BCUT2D eigenvalue weighted by Crippen LogP contribution is -1.81. The van der Waals surface area contributed by atoms with Crippen LogP contribution in [-0.2, 0) is 0 Å². The van der Waals surface area contributed by atoms with Gasteiger partial charge in [-0.3, -0.25) is 4.98 Å². The van der Waals surface area contributed by atoms with Crippen molar-refractivity contribution in [2.24, 2.45) is 0 Å². The van der Waals surface area contributed by atoms with Crippen molar-refractivity contribution in [3.63, 3.8) is 0 Å². The van der Waals surface area contributed by atoms with E-state index in [1.54, 1.807) is 12.3 Å². The van der Waals surface area contributed by atoms with E-state index in [4.69, 9.17) is 5.26 Å². The summed E-state index contributed by atoms with van der Waals surface area (Å²) in [6.07, 6.45) is 1.70. The first-order valence-corrected chi connectivity index (χ1v) is 3.65. The van der Waals surface area contributed by atoms with E-state index in [1.165, 1.54) is 0 Å². The molecule has 1 aromatic heterocycles. The topological polar surface area (TPSA) is 36.7 Å². The normalized spacial score (nSPS) is 7.67. The zero-order valence-electron chi connectivity index (χ0n) is 7.58. The molecule has 0 spiro atoms. The Morgan fingerprint density at radius 1 is 1.00 bits per heavy atom. The number of pyridine rings is 1. The van der Waals surface area contributed by atoms with Crippen molar-refractivity contribution in [2.75, 3.05) is 0 Å². The molecule has 0 radical (unpaired) electrons. The van der Waals surface area contributed by atoms with E-state index in [-0.39, 0.29) is 37.2 Å². The predicted octanol–water partition coefficient (Wildman–Crippen LogP) is 3.37. The van der Waals surface area contributed by atoms with Crippen molar-refractivity contribution in [1.29, 1.82) is 5.26 Å². The molecule has 0 saturated heterocycles. The van der Waals surface area contributed by atoms with Gasteiger partial charge in [0, 0.05) is 11.6 Å². The SMILES string of the molecule is Cl.Cl.Cl.N#Cc1cccc2cccnc12. The molecule has 80 valence electrons. The van der Waals surface area contributed by atoms with E-state index in [9.17, 15) is 0 Å². The molecule has 0 atom stereocenters. The number of hydrogen-bond donors (Lipinski definition) is 0. The molecule has 1 heterocycles. The molecule has 0 unspecified atom stereocenters. The van der Waals surface area contributed by atoms with Crippen LogP contribution in [0.2, 0.25) is 0 Å². The predicted molar refractivity (Wildman–Crippen MR) is 68.2 cm³/mol. The third-order valence-corrected chi connectivity index (χ3v) is 1.75. The summed E-state index contributed by atoms with van der Waals surface area (Å²) in [5.41, 5.74) is 1.41. The molecule has 0 aliphatic heterocycles. The lowest BCUT2D eigenvalue weighted by atomic mass is 10.1. The Labute approximate surface area is 107 Å². The zero-order valence-corrected chi connectivity index (χ0v) is 10.0. The van der Waals surface area contributed by atoms with Crippen molar-refractivity contribution in [2.45, 2.75) is 0 Å². The molecule has 5 heteroatoms. The second-order valence-corrected chi connectivity index (χ2v) is 2.49. The molecular formula is C10H9Cl3N2. The van der Waals surface area contributed by atoms with Gasteiger partial charge < -0.3 is 0 Å². The minimum absolute atomic E-state index is 0. The van der Waals surface area contributed by atoms with E-state index in [0.717, 1.165) is 10.9 Å². The van der Waals surface area contributed by atoms with Crippen LogP contribution in [0.25, 0.3) is 10.9 Å². The highest BCUT2D eigenvalue weighted by molar-refractivity contribution is 5.86. The highest BCUT2D eigenvalue weighted by Crippen LogP contribution is 2.14. The molecule has 0 saturated carbocycles. The summed E-state index contributed by atoms with van der Waals surface area (Å²) in [4.78, 5) is 4.13. The second-order valence-electron chi connectivity index (χ2n) is 2.49. The Morgan fingerprint density at radius 2 is 1.67 bits per heavy atom. The van der Waals surface area contributed by atoms with Crippen LogP contribution in [-0.4, -0.2) is 4.98 Å². The first-order valence-electron chi connectivity index (χ1n) is 3.65. The Morgan fingerprint density at radius 3 is 2.33 bits per heavy atom. The number of nitrogens with zero attached hydrogens (tertiary/aromatic N) is 2. The summed E-state index contributed by atoms with van der Waals surface area (Å²) in [6.45, 7) is 0. The van der Waals surface area contributed by atoms with Crippen LogP contribution in [0.15, 0.2) is 36.5 Å². The zero-order chi connectivity index (χ0) is 8.39. The van der Waals surface area contributed by atoms with Crippen LogP contribution >= 0.6 is 37.2 Å². The summed E-state index contributed by atoms with van der Waals surface area (Å²) < 4.78 is 0. The van der Waals surface area contributed by atoms with Crippen LogP contribution in [0.4, 0.5) is 0 Å². The molecule has 0 bridgehead atoms. The third-order valence-electron chi connectivity index (χ3n) is 1.75. The maximum absolute atomic E-state index is 8.75. The molecule has 15 heavy (non-hydrogen) atoms. The molecule has 0 fully saturated rings. The van der Waals surface area contributed by atoms with Gasteiger partial charge in [0.1, 0.15) is 6.07 Å². The fraction of sp³-hybridized carbons (Fsp3) is 0. The van der Waals surface area contributed by atoms with Crippen LogP contribution in [0.3, 0.4) is 0 Å². The van der Waals surface area contributed by atoms with Gasteiger partial charge in [-0.1, -0.05) is 18.2 Å². The van der Waals surface area contributed by atoms with E-state index in [1.807, 2.05) is 24.3 Å². The van der Waals surface area contributed by atoms with Gasteiger partial charge in [0.05, 0.1) is 11.1 Å². The summed E-state index contributed by atoms with van der Waals surface area (Å²) >= 11 is 0. The molecule has 1 aromatic carbocycles. The number of benzene rings is 1. The van der Waals surface area contributed by atoms with Gasteiger partial charge in [0.2, 0.25) is 0 Å². The van der Waals surface area contributed by atoms with Crippen molar-refractivity contribution in [3.8, 4) is 6.07 Å². The minimum Gasteiger partial charge on any atom is -0.255 e. The quantitative estimate of drug-likeness (QED) is 0.731. The molecule has 0 amide bonds. The van der Waals surface area contributed by atoms with Gasteiger partial charge in [0.25, 0.3) is 0 Å². The van der Waals surface area contributed by atoms with E-state index in [2.05, 4.69) is 11.1 Å². The van der Waals surface area contributed by atoms with Gasteiger partial charge in [0.15, 0.2) is 0 Å². The average molecular weight is 264 g/mol. The second kappa shape index (κ2) is 7.30. The minimum atomic E-state index is 0. The molecule has 0 aliphatic rings. The first kappa shape index (κ1) is 16.4. The first-order chi connectivity index (χ1) is 5.92. The molecule has 2 nitrogen and oxygen atoms in total. The number of hydrogen-bond acceptors (Lipinski definition) is 2. The Hall–Kier alpha value is -1.01. The highest BCUT2D eigenvalue weighted by Gasteiger charge is 1.97. The van der Waals surface area contributed by atoms with Crippen molar-refractivity contribution < 1.29 is 0 Å². The van der Waals surface area contributed by atoms with E-state index < -0.39 is 0 Å². The van der Waals surface area contributed by atoms with Crippen LogP contribution < -0.4 is 0 Å². The smallest absolute Gasteiger partial charge is 0.101 e. The number of aromatic nitrogens is 1. The molecule has 2 rings (SSSR count). The van der Waals surface area contributed by atoms with Crippen LogP contribution in [0.5, 0.6) is 0 Å². The lowest BCUT2D eigenvalue weighted by Gasteiger charge is -1.95. The summed E-state index contributed by atoms with van der Waals surface area (Å²) in [5.74, 6) is 0. The monoisotopic (exact) mass is 262 g/mol. The highest BCUT2D eigenvalue weighted by atomic mass is 35.5. The maximum Gasteiger partial charge on any atom is 0.101 e. The summed E-state index contributed by atoms with van der Waals surface area (Å²) in [5, 5.41) is 9.76.